The Morgan fingerprint density at radius 3 is 2.83 bits per heavy atom. The second kappa shape index (κ2) is 4.15. The molecule has 4 rings (SSSR count). The Morgan fingerprint density at radius 2 is 1.89 bits per heavy atom. The van der Waals surface area contributed by atoms with E-state index in [-0.39, 0.29) is 0 Å². The van der Waals surface area contributed by atoms with Gasteiger partial charge in [-0.25, -0.2) is 0 Å². The summed E-state index contributed by atoms with van der Waals surface area (Å²) >= 11 is 0. The second-order valence-corrected chi connectivity index (χ2v) is 6.98. The molecule has 0 heterocycles. The molecule has 1 nitrogen and oxygen atoms in total. The molecular weight excluding hydrogens is 220 g/mol. The summed E-state index contributed by atoms with van der Waals surface area (Å²) in [6, 6.07) is 0. The highest BCUT2D eigenvalue weighted by Gasteiger charge is 2.46. The van der Waals surface area contributed by atoms with Crippen molar-refractivity contribution in [2.24, 2.45) is 29.6 Å². The molecule has 18 heavy (non-hydrogen) atoms. The highest BCUT2D eigenvalue weighted by Crippen LogP contribution is 2.55. The number of allylic oxidation sites excluding steroid dienone is 4. The van der Waals surface area contributed by atoms with E-state index in [1.165, 1.54) is 50.5 Å². The molecule has 1 N–H and O–H groups in total. The predicted molar refractivity (Wildman–Crippen MR) is 73.2 cm³/mol. The summed E-state index contributed by atoms with van der Waals surface area (Å²) in [5.74, 6) is 5.42. The number of fused-ring (bicyclic) bond motifs is 5. The minimum absolute atomic E-state index is 0.616. The largest absolute Gasteiger partial charge is 0.512 e. The predicted octanol–water partition coefficient (Wildman–Crippen LogP) is 4.61. The van der Waals surface area contributed by atoms with E-state index in [4.69, 9.17) is 0 Å². The number of rotatable bonds is 0. The Balaban J connectivity index is 1.64. The van der Waals surface area contributed by atoms with Crippen LogP contribution in [0.25, 0.3) is 0 Å². The summed E-state index contributed by atoms with van der Waals surface area (Å²) in [4.78, 5) is 0. The molecule has 4 aliphatic rings. The summed E-state index contributed by atoms with van der Waals surface area (Å²) in [5, 5.41) is 9.71. The lowest BCUT2D eigenvalue weighted by atomic mass is 9.58. The number of aliphatic hydroxyl groups is 1. The van der Waals surface area contributed by atoms with E-state index >= 15 is 0 Å². The molecule has 5 atom stereocenters. The van der Waals surface area contributed by atoms with Gasteiger partial charge in [0.2, 0.25) is 0 Å². The van der Waals surface area contributed by atoms with Gasteiger partial charge in [-0.3, -0.25) is 0 Å². The van der Waals surface area contributed by atoms with Crippen molar-refractivity contribution in [1.29, 1.82) is 0 Å². The maximum absolute atomic E-state index is 9.71. The third-order valence-electron chi connectivity index (χ3n) is 6.30. The molecule has 0 bridgehead atoms. The zero-order valence-electron chi connectivity index (χ0n) is 11.1. The van der Waals surface area contributed by atoms with E-state index in [1.807, 2.05) is 0 Å². The fourth-order valence-corrected chi connectivity index (χ4v) is 5.56. The number of hydrogen-bond acceptors (Lipinski definition) is 1. The third-order valence-corrected chi connectivity index (χ3v) is 6.30. The number of hydrogen-bond donors (Lipinski definition) is 1. The van der Waals surface area contributed by atoms with Crippen LogP contribution < -0.4 is 0 Å². The minimum atomic E-state index is 0.616. The van der Waals surface area contributed by atoms with Crippen molar-refractivity contribution >= 4 is 0 Å². The Labute approximate surface area is 110 Å². The van der Waals surface area contributed by atoms with Crippen LogP contribution in [0.1, 0.15) is 51.4 Å². The van der Waals surface area contributed by atoms with Crippen LogP contribution in [0.4, 0.5) is 0 Å². The van der Waals surface area contributed by atoms with Gasteiger partial charge in [-0.15, -0.1) is 0 Å². The average Bonchev–Trinajstić information content (AvgIpc) is 2.86. The first-order valence-corrected chi connectivity index (χ1v) is 7.92. The van der Waals surface area contributed by atoms with Crippen LogP contribution >= 0.6 is 0 Å². The first-order valence-electron chi connectivity index (χ1n) is 7.92. The Hall–Kier alpha value is -0.720. The fourth-order valence-electron chi connectivity index (χ4n) is 5.56. The monoisotopic (exact) mass is 244 g/mol. The zero-order valence-corrected chi connectivity index (χ0v) is 11.1. The summed E-state index contributed by atoms with van der Waals surface area (Å²) in [5.41, 5.74) is 1.47. The minimum Gasteiger partial charge on any atom is -0.512 e. The summed E-state index contributed by atoms with van der Waals surface area (Å²) in [7, 11) is 0. The van der Waals surface area contributed by atoms with Crippen molar-refractivity contribution in [3.63, 3.8) is 0 Å². The molecule has 4 aliphatic carbocycles. The molecule has 98 valence electrons. The van der Waals surface area contributed by atoms with E-state index in [9.17, 15) is 5.11 Å². The van der Waals surface area contributed by atoms with Crippen molar-refractivity contribution in [1.82, 2.24) is 0 Å². The molecule has 0 aromatic carbocycles. The van der Waals surface area contributed by atoms with Crippen molar-refractivity contribution in [3.8, 4) is 0 Å². The molecule has 0 saturated heterocycles. The third kappa shape index (κ3) is 1.59. The van der Waals surface area contributed by atoms with Crippen molar-refractivity contribution in [3.05, 3.63) is 23.5 Å². The van der Waals surface area contributed by atoms with Gasteiger partial charge in [0.05, 0.1) is 5.76 Å². The molecule has 0 aliphatic heterocycles. The van der Waals surface area contributed by atoms with E-state index < -0.39 is 0 Å². The van der Waals surface area contributed by atoms with Crippen LogP contribution in [-0.2, 0) is 0 Å². The van der Waals surface area contributed by atoms with Gasteiger partial charge in [0.15, 0.2) is 0 Å². The smallest absolute Gasteiger partial charge is 0.0925 e. The SMILES string of the molecule is OC1=CC2=CCC3C4CCCC4CCC3C2CC1. The van der Waals surface area contributed by atoms with Gasteiger partial charge in [0.1, 0.15) is 0 Å². The van der Waals surface area contributed by atoms with Gasteiger partial charge in [0, 0.05) is 6.42 Å². The summed E-state index contributed by atoms with van der Waals surface area (Å²) in [6.45, 7) is 0. The van der Waals surface area contributed by atoms with E-state index in [2.05, 4.69) is 12.2 Å². The van der Waals surface area contributed by atoms with E-state index in [1.54, 1.807) is 0 Å². The van der Waals surface area contributed by atoms with Gasteiger partial charge >= 0.3 is 0 Å². The van der Waals surface area contributed by atoms with E-state index in [0.29, 0.717) is 5.76 Å². The highest BCUT2D eigenvalue weighted by atomic mass is 16.3. The van der Waals surface area contributed by atoms with Crippen LogP contribution in [0.5, 0.6) is 0 Å². The van der Waals surface area contributed by atoms with Crippen molar-refractivity contribution < 1.29 is 5.11 Å². The Morgan fingerprint density at radius 1 is 0.944 bits per heavy atom. The van der Waals surface area contributed by atoms with Crippen LogP contribution in [0.3, 0.4) is 0 Å². The van der Waals surface area contributed by atoms with Crippen LogP contribution in [-0.4, -0.2) is 5.11 Å². The molecule has 0 spiro atoms. The molecule has 1 heteroatoms. The second-order valence-electron chi connectivity index (χ2n) is 6.98. The normalized spacial score (nSPS) is 46.6. The maximum atomic E-state index is 9.71. The molecule has 0 radical (unpaired) electrons. The van der Waals surface area contributed by atoms with Gasteiger partial charge in [-0.1, -0.05) is 18.9 Å². The lowest BCUT2D eigenvalue weighted by Gasteiger charge is -2.47. The first-order chi connectivity index (χ1) is 8.83. The molecule has 2 saturated carbocycles. The highest BCUT2D eigenvalue weighted by molar-refractivity contribution is 5.30. The van der Waals surface area contributed by atoms with Crippen LogP contribution in [0.15, 0.2) is 23.5 Å². The average molecular weight is 244 g/mol. The topological polar surface area (TPSA) is 20.2 Å². The quantitative estimate of drug-likeness (QED) is 0.659. The molecule has 2 fully saturated rings. The van der Waals surface area contributed by atoms with Gasteiger partial charge < -0.3 is 5.11 Å². The molecular formula is C17H24O. The van der Waals surface area contributed by atoms with Crippen LogP contribution in [0.2, 0.25) is 0 Å². The zero-order chi connectivity index (χ0) is 12.1. The summed E-state index contributed by atoms with van der Waals surface area (Å²) < 4.78 is 0. The molecule has 0 aromatic heterocycles. The fraction of sp³-hybridized carbons (Fsp3) is 0.765. The van der Waals surface area contributed by atoms with Gasteiger partial charge in [0.25, 0.3) is 0 Å². The van der Waals surface area contributed by atoms with Crippen molar-refractivity contribution in [2.45, 2.75) is 51.4 Å². The lowest BCUT2D eigenvalue weighted by Crippen LogP contribution is -2.39. The Kier molecular flexibility index (Phi) is 2.56. The molecule has 5 unspecified atom stereocenters. The van der Waals surface area contributed by atoms with Gasteiger partial charge in [-0.05, 0) is 73.3 Å². The van der Waals surface area contributed by atoms with E-state index in [0.717, 1.165) is 36.0 Å². The molecule has 0 amide bonds. The Bertz CT molecular complexity index is 406. The lowest BCUT2D eigenvalue weighted by molar-refractivity contribution is 0.0686. The van der Waals surface area contributed by atoms with Crippen molar-refractivity contribution in [2.75, 3.05) is 0 Å². The molecule has 0 aromatic rings. The maximum Gasteiger partial charge on any atom is 0.0925 e. The summed E-state index contributed by atoms with van der Waals surface area (Å²) in [6.07, 6.45) is 15.4. The van der Waals surface area contributed by atoms with Crippen LogP contribution in [0, 0.1) is 29.6 Å². The first kappa shape index (κ1) is 11.1. The number of aliphatic hydroxyl groups excluding tert-OH is 1. The van der Waals surface area contributed by atoms with Gasteiger partial charge in [-0.2, -0.15) is 0 Å². The standard InChI is InChI=1S/C17H24O/c18-13-6-9-15-12(10-13)5-8-16-14-3-1-2-11(14)4-7-17(15)16/h5,10-11,14-18H,1-4,6-9H2.